The van der Waals surface area contributed by atoms with Gasteiger partial charge in [-0.2, -0.15) is 4.57 Å². The highest BCUT2D eigenvalue weighted by Crippen LogP contribution is 2.22. The van der Waals surface area contributed by atoms with Gasteiger partial charge >= 0.3 is 0 Å². The van der Waals surface area contributed by atoms with E-state index in [-0.39, 0.29) is 0 Å². The first-order valence-corrected chi connectivity index (χ1v) is 9.15. The second-order valence-electron chi connectivity index (χ2n) is 5.82. The fourth-order valence-electron chi connectivity index (χ4n) is 2.85. The minimum atomic E-state index is 0.871. The van der Waals surface area contributed by atoms with Crippen LogP contribution >= 0.6 is 11.3 Å². The van der Waals surface area contributed by atoms with E-state index in [1.54, 1.807) is 0 Å². The molecular weight excluding hydrogens is 324 g/mol. The van der Waals surface area contributed by atoms with Crippen molar-refractivity contribution in [3.05, 3.63) is 102 Å². The molecule has 0 aliphatic carbocycles. The minimum Gasteiger partial charge on any atom is -0.361 e. The van der Waals surface area contributed by atoms with Crippen LogP contribution in [0.4, 0.5) is 5.69 Å². The van der Waals surface area contributed by atoms with Gasteiger partial charge < -0.3 is 5.32 Å². The van der Waals surface area contributed by atoms with Gasteiger partial charge in [0.1, 0.15) is 4.70 Å². The maximum absolute atomic E-state index is 3.34. The van der Waals surface area contributed by atoms with Crippen molar-refractivity contribution in [3.8, 4) is 0 Å². The summed E-state index contributed by atoms with van der Waals surface area (Å²) in [6, 6.07) is 29.4. The van der Waals surface area contributed by atoms with Gasteiger partial charge in [-0.25, -0.2) is 0 Å². The van der Waals surface area contributed by atoms with Crippen molar-refractivity contribution in [3.63, 3.8) is 0 Å². The molecule has 0 spiro atoms. The summed E-state index contributed by atoms with van der Waals surface area (Å²) in [6.07, 6.45) is 4.17. The number of thiazole rings is 1. The fourth-order valence-corrected chi connectivity index (χ4v) is 3.91. The zero-order valence-electron chi connectivity index (χ0n) is 13.8. The fraction of sp³-hybridized carbons (Fsp3) is 0.0455. The highest BCUT2D eigenvalue weighted by Gasteiger charge is 2.18. The lowest BCUT2D eigenvalue weighted by molar-refractivity contribution is -0.659. The van der Waals surface area contributed by atoms with Crippen LogP contribution in [0.2, 0.25) is 0 Å². The molecule has 0 aliphatic heterocycles. The molecule has 0 atom stereocenters. The first-order valence-electron chi connectivity index (χ1n) is 8.33. The van der Waals surface area contributed by atoms with Crippen molar-refractivity contribution in [2.45, 2.75) is 6.54 Å². The first-order chi connectivity index (χ1) is 12.4. The van der Waals surface area contributed by atoms with Gasteiger partial charge in [-0.3, -0.25) is 0 Å². The van der Waals surface area contributed by atoms with Crippen molar-refractivity contribution in [2.24, 2.45) is 0 Å². The molecule has 0 saturated heterocycles. The van der Waals surface area contributed by atoms with E-state index >= 15 is 0 Å². The second-order valence-corrected chi connectivity index (χ2v) is 6.89. The van der Waals surface area contributed by atoms with E-state index < -0.39 is 0 Å². The van der Waals surface area contributed by atoms with Crippen molar-refractivity contribution in [1.29, 1.82) is 0 Å². The standard InChI is InChI=1S/C22H18N2S/c1-3-9-18(10-4-1)17-24-20-13-7-8-14-21(20)25-22(24)15-16-23-19-11-5-2-6-12-19/h1-16H,17H2/p+1. The molecule has 3 aromatic carbocycles. The molecule has 1 N–H and O–H groups in total. The molecule has 0 fully saturated rings. The number of anilines is 1. The Hall–Kier alpha value is -2.91. The normalized spacial score (nSPS) is 11.2. The number of benzene rings is 3. The predicted octanol–water partition coefficient (Wildman–Crippen LogP) is 5.32. The van der Waals surface area contributed by atoms with Crippen molar-refractivity contribution in [1.82, 2.24) is 0 Å². The van der Waals surface area contributed by atoms with E-state index in [1.165, 1.54) is 20.8 Å². The Kier molecular flexibility index (Phi) is 4.57. The Labute approximate surface area is 151 Å². The lowest BCUT2D eigenvalue weighted by Crippen LogP contribution is -2.35. The van der Waals surface area contributed by atoms with Gasteiger partial charge in [-0.05, 0) is 18.2 Å². The zero-order chi connectivity index (χ0) is 16.9. The Balaban J connectivity index is 1.66. The molecule has 25 heavy (non-hydrogen) atoms. The SMILES string of the molecule is C(=C\c1sc2ccccc2[n+]1Cc1ccccc1)/Nc1ccccc1. The summed E-state index contributed by atoms with van der Waals surface area (Å²) in [5.41, 5.74) is 3.67. The highest BCUT2D eigenvalue weighted by molar-refractivity contribution is 7.18. The Morgan fingerprint density at radius 2 is 1.48 bits per heavy atom. The van der Waals surface area contributed by atoms with Crippen LogP contribution in [0.25, 0.3) is 16.3 Å². The van der Waals surface area contributed by atoms with Crippen LogP contribution in [0.5, 0.6) is 0 Å². The smallest absolute Gasteiger partial charge is 0.264 e. The Bertz CT molecular complexity index is 988. The summed E-state index contributed by atoms with van der Waals surface area (Å²) in [5.74, 6) is 0. The summed E-state index contributed by atoms with van der Waals surface area (Å²) in [6.45, 7) is 0.871. The number of hydrogen-bond acceptors (Lipinski definition) is 2. The van der Waals surface area contributed by atoms with Crippen molar-refractivity contribution in [2.75, 3.05) is 5.32 Å². The molecule has 3 heteroatoms. The number of para-hydroxylation sites is 2. The molecule has 0 saturated carbocycles. The number of aromatic nitrogens is 1. The minimum absolute atomic E-state index is 0.871. The van der Waals surface area contributed by atoms with Crippen LogP contribution < -0.4 is 9.88 Å². The van der Waals surface area contributed by atoms with Gasteiger partial charge in [0.05, 0.1) is 0 Å². The largest absolute Gasteiger partial charge is 0.361 e. The van der Waals surface area contributed by atoms with E-state index in [2.05, 4.69) is 82.7 Å². The Morgan fingerprint density at radius 3 is 2.28 bits per heavy atom. The van der Waals surface area contributed by atoms with Crippen molar-refractivity contribution < 1.29 is 4.57 Å². The molecule has 0 amide bonds. The van der Waals surface area contributed by atoms with Gasteiger partial charge in [0.2, 0.25) is 5.52 Å². The molecule has 4 rings (SSSR count). The third-order valence-corrected chi connectivity index (χ3v) is 5.20. The van der Waals surface area contributed by atoms with E-state index in [9.17, 15) is 0 Å². The third-order valence-electron chi connectivity index (χ3n) is 4.07. The van der Waals surface area contributed by atoms with Gasteiger partial charge in [0.25, 0.3) is 5.01 Å². The topological polar surface area (TPSA) is 15.9 Å². The van der Waals surface area contributed by atoms with E-state index in [4.69, 9.17) is 0 Å². The highest BCUT2D eigenvalue weighted by atomic mass is 32.1. The van der Waals surface area contributed by atoms with Gasteiger partial charge in [-0.15, -0.1) is 0 Å². The maximum atomic E-state index is 3.34. The summed E-state index contributed by atoms with van der Waals surface area (Å²) in [4.78, 5) is 0. The molecule has 0 aliphatic rings. The number of rotatable bonds is 5. The lowest BCUT2D eigenvalue weighted by atomic mass is 10.2. The molecule has 122 valence electrons. The molecular formula is C22H19N2S+. The average Bonchev–Trinajstić information content (AvgIpc) is 3.01. The van der Waals surface area contributed by atoms with Gasteiger partial charge in [-0.1, -0.05) is 72.0 Å². The number of hydrogen-bond donors (Lipinski definition) is 1. The van der Waals surface area contributed by atoms with Crippen LogP contribution in [0.15, 0.2) is 91.1 Å². The average molecular weight is 343 g/mol. The molecule has 1 aromatic heterocycles. The molecule has 0 radical (unpaired) electrons. The first kappa shape index (κ1) is 15.6. The molecule has 0 bridgehead atoms. The second kappa shape index (κ2) is 7.32. The maximum Gasteiger partial charge on any atom is 0.264 e. The van der Waals surface area contributed by atoms with Gasteiger partial charge in [0.15, 0.2) is 6.54 Å². The molecule has 4 aromatic rings. The zero-order valence-corrected chi connectivity index (χ0v) is 14.6. The lowest BCUT2D eigenvalue weighted by Gasteiger charge is -1.99. The van der Waals surface area contributed by atoms with E-state index in [0.29, 0.717) is 0 Å². The summed E-state index contributed by atoms with van der Waals surface area (Å²) in [7, 11) is 0. The van der Waals surface area contributed by atoms with Crippen LogP contribution in [0.1, 0.15) is 10.6 Å². The number of fused-ring (bicyclic) bond motifs is 1. The van der Waals surface area contributed by atoms with Crippen LogP contribution in [0.3, 0.4) is 0 Å². The third kappa shape index (κ3) is 3.62. The predicted molar refractivity (Wildman–Crippen MR) is 107 cm³/mol. The quantitative estimate of drug-likeness (QED) is 0.485. The van der Waals surface area contributed by atoms with E-state index in [0.717, 1.165) is 12.2 Å². The van der Waals surface area contributed by atoms with Crippen LogP contribution in [0, 0.1) is 0 Å². The number of nitrogens with zero attached hydrogens (tertiary/aromatic N) is 1. The van der Waals surface area contributed by atoms with Crippen LogP contribution in [-0.4, -0.2) is 0 Å². The number of nitrogens with one attached hydrogen (secondary N) is 1. The molecule has 1 heterocycles. The molecule has 2 nitrogen and oxygen atoms in total. The Morgan fingerprint density at radius 1 is 0.800 bits per heavy atom. The summed E-state index contributed by atoms with van der Waals surface area (Å²) < 4.78 is 3.68. The monoisotopic (exact) mass is 343 g/mol. The van der Waals surface area contributed by atoms with Crippen LogP contribution in [-0.2, 0) is 6.54 Å². The van der Waals surface area contributed by atoms with Crippen molar-refractivity contribution >= 4 is 33.3 Å². The summed E-state index contributed by atoms with van der Waals surface area (Å²) in [5, 5.41) is 4.57. The van der Waals surface area contributed by atoms with Gasteiger partial charge in [0, 0.05) is 29.6 Å². The molecule has 0 unspecified atom stereocenters. The van der Waals surface area contributed by atoms with E-state index in [1.807, 2.05) is 35.7 Å². The summed E-state index contributed by atoms with van der Waals surface area (Å²) >= 11 is 1.81.